The van der Waals surface area contributed by atoms with Gasteiger partial charge in [0.25, 0.3) is 0 Å². The molecule has 5 heteroatoms. The number of Topliss-reactive ketones (excluding diaryl/α,β-unsaturated/α-hetero) is 1. The molecule has 28 heavy (non-hydrogen) atoms. The quantitative estimate of drug-likeness (QED) is 0.705. The predicted octanol–water partition coefficient (Wildman–Crippen LogP) is 3.97. The third-order valence-corrected chi connectivity index (χ3v) is 9.35. The lowest BCUT2D eigenvalue weighted by atomic mass is 9.47. The highest BCUT2D eigenvalue weighted by molar-refractivity contribution is 9.10. The van der Waals surface area contributed by atoms with Crippen LogP contribution < -0.4 is 9.47 Å². The van der Waals surface area contributed by atoms with E-state index in [1.165, 1.54) is 30.5 Å². The molecule has 2 aliphatic heterocycles. The average molecular weight is 446 g/mol. The first-order valence-corrected chi connectivity index (χ1v) is 11.6. The number of nitrogens with zero attached hydrogens (tertiary/aromatic N) is 1. The molecule has 5 aliphatic rings. The number of ether oxygens (including phenoxy) is 2. The molecule has 6 rings (SSSR count). The Morgan fingerprint density at radius 3 is 2.86 bits per heavy atom. The zero-order valence-corrected chi connectivity index (χ0v) is 18.4. The zero-order chi connectivity index (χ0) is 19.4. The summed E-state index contributed by atoms with van der Waals surface area (Å²) >= 11 is 3.83. The Hall–Kier alpha value is -1.07. The van der Waals surface area contributed by atoms with Crippen molar-refractivity contribution in [2.45, 2.75) is 57.1 Å². The lowest BCUT2D eigenvalue weighted by Crippen LogP contribution is -2.70. The van der Waals surface area contributed by atoms with Gasteiger partial charge in [-0.15, -0.1) is 0 Å². The topological polar surface area (TPSA) is 38.8 Å². The summed E-state index contributed by atoms with van der Waals surface area (Å²) in [6.07, 6.45) is 4.50. The maximum atomic E-state index is 13.4. The number of hydrogen-bond donors (Lipinski definition) is 0. The number of likely N-dealkylation sites (tertiary alicyclic amines) is 1. The molecule has 3 aliphatic carbocycles. The van der Waals surface area contributed by atoms with Gasteiger partial charge in [0.15, 0.2) is 23.4 Å². The number of rotatable bonds is 3. The maximum absolute atomic E-state index is 13.4. The van der Waals surface area contributed by atoms with Crippen molar-refractivity contribution in [1.82, 2.24) is 4.90 Å². The molecule has 1 aromatic rings. The Balaban J connectivity index is 1.59. The van der Waals surface area contributed by atoms with Gasteiger partial charge in [0.1, 0.15) is 0 Å². The number of benzene rings is 1. The third-order valence-electron chi connectivity index (χ3n) is 8.64. The van der Waals surface area contributed by atoms with Crippen molar-refractivity contribution in [3.05, 3.63) is 21.7 Å². The van der Waals surface area contributed by atoms with Gasteiger partial charge in [0, 0.05) is 34.0 Å². The minimum atomic E-state index is -0.341. The summed E-state index contributed by atoms with van der Waals surface area (Å²) in [6, 6.07) is 2.55. The molecule has 3 fully saturated rings. The van der Waals surface area contributed by atoms with Crippen molar-refractivity contribution in [2.24, 2.45) is 23.7 Å². The summed E-state index contributed by atoms with van der Waals surface area (Å²) in [6.45, 7) is 6.75. The van der Waals surface area contributed by atoms with Crippen LogP contribution >= 0.6 is 15.9 Å². The van der Waals surface area contributed by atoms with Crippen LogP contribution in [-0.2, 0) is 16.6 Å². The minimum Gasteiger partial charge on any atom is -0.493 e. The number of halogens is 1. The van der Waals surface area contributed by atoms with Crippen molar-refractivity contribution >= 4 is 21.7 Å². The summed E-state index contributed by atoms with van der Waals surface area (Å²) in [4.78, 5) is 16.2. The van der Waals surface area contributed by atoms with Gasteiger partial charge in [-0.3, -0.25) is 9.69 Å². The number of piperidine rings is 1. The van der Waals surface area contributed by atoms with E-state index in [9.17, 15) is 4.79 Å². The van der Waals surface area contributed by atoms with Crippen LogP contribution in [0.15, 0.2) is 10.5 Å². The van der Waals surface area contributed by atoms with Crippen LogP contribution in [0.25, 0.3) is 0 Å². The van der Waals surface area contributed by atoms with Gasteiger partial charge in [-0.1, -0.05) is 29.8 Å². The molecule has 1 spiro atoms. The smallest absolute Gasteiger partial charge is 0.177 e. The average Bonchev–Trinajstić information content (AvgIpc) is 3.44. The fourth-order valence-corrected chi connectivity index (χ4v) is 7.62. The fourth-order valence-electron chi connectivity index (χ4n) is 7.06. The summed E-state index contributed by atoms with van der Waals surface area (Å²) in [7, 11) is 1.70. The standard InChI is InChI=1S/C23H28BrNO3/c1-11-12(2)20(26)22-23-6-7-25(10-13-4-5-13)16(18(11)23)8-14-15(24)9-17(27-3)21(28-22)19(14)23/h9,11-13,16,18,22H,4-8,10H2,1-3H3/t11-,12-,16+,18-,22-,23-/m0/s1. The van der Waals surface area contributed by atoms with Crippen molar-refractivity contribution in [3.63, 3.8) is 0 Å². The van der Waals surface area contributed by atoms with E-state index in [1.54, 1.807) is 7.11 Å². The van der Waals surface area contributed by atoms with Crippen LogP contribution in [0.1, 0.15) is 44.2 Å². The van der Waals surface area contributed by atoms with Gasteiger partial charge in [0.05, 0.1) is 7.11 Å². The molecule has 1 saturated heterocycles. The first kappa shape index (κ1) is 17.8. The van der Waals surface area contributed by atoms with Gasteiger partial charge in [-0.25, -0.2) is 0 Å². The van der Waals surface area contributed by atoms with Crippen molar-refractivity contribution in [3.8, 4) is 11.5 Å². The van der Waals surface area contributed by atoms with Crippen LogP contribution in [0.3, 0.4) is 0 Å². The lowest BCUT2D eigenvalue weighted by molar-refractivity contribution is -0.151. The van der Waals surface area contributed by atoms with Gasteiger partial charge >= 0.3 is 0 Å². The van der Waals surface area contributed by atoms with E-state index in [4.69, 9.17) is 9.47 Å². The molecule has 1 aromatic carbocycles. The van der Waals surface area contributed by atoms with E-state index in [0.717, 1.165) is 41.3 Å². The largest absolute Gasteiger partial charge is 0.493 e. The Kier molecular flexibility index (Phi) is 3.65. The van der Waals surface area contributed by atoms with E-state index >= 15 is 0 Å². The molecule has 0 unspecified atom stereocenters. The molecule has 0 amide bonds. The van der Waals surface area contributed by atoms with E-state index in [1.807, 2.05) is 6.07 Å². The minimum absolute atomic E-state index is 0.0526. The molecular formula is C23H28BrNO3. The summed E-state index contributed by atoms with van der Waals surface area (Å²) < 4.78 is 13.3. The molecule has 0 radical (unpaired) electrons. The van der Waals surface area contributed by atoms with Crippen molar-refractivity contribution in [2.75, 3.05) is 20.2 Å². The van der Waals surface area contributed by atoms with Gasteiger partial charge in [-0.05, 0) is 61.6 Å². The normalized spacial score (nSPS) is 40.9. The van der Waals surface area contributed by atoms with E-state index < -0.39 is 0 Å². The first-order valence-electron chi connectivity index (χ1n) is 10.8. The Bertz CT molecular complexity index is 881. The van der Waals surface area contributed by atoms with Crippen molar-refractivity contribution < 1.29 is 14.3 Å². The van der Waals surface area contributed by atoms with Gasteiger partial charge in [0.2, 0.25) is 0 Å². The molecule has 6 atom stereocenters. The number of ketones is 1. The van der Waals surface area contributed by atoms with Crippen LogP contribution in [-0.4, -0.2) is 43.0 Å². The molecule has 150 valence electrons. The van der Waals surface area contributed by atoms with E-state index in [-0.39, 0.29) is 17.4 Å². The number of carbonyl (C=O) groups is 1. The van der Waals surface area contributed by atoms with Crippen LogP contribution in [0.5, 0.6) is 11.5 Å². The molecule has 2 saturated carbocycles. The van der Waals surface area contributed by atoms with Gasteiger partial charge < -0.3 is 9.47 Å². The highest BCUT2D eigenvalue weighted by Gasteiger charge is 2.69. The highest BCUT2D eigenvalue weighted by atomic mass is 79.9. The third kappa shape index (κ3) is 2.03. The van der Waals surface area contributed by atoms with Crippen LogP contribution in [0, 0.1) is 23.7 Å². The molecule has 0 N–H and O–H groups in total. The second kappa shape index (κ2) is 5.75. The van der Waals surface area contributed by atoms with Crippen LogP contribution in [0.4, 0.5) is 0 Å². The molecule has 4 nitrogen and oxygen atoms in total. The van der Waals surface area contributed by atoms with E-state index in [0.29, 0.717) is 23.7 Å². The number of carbonyl (C=O) groups excluding carboxylic acids is 1. The first-order chi connectivity index (χ1) is 13.5. The second-order valence-corrected chi connectivity index (χ2v) is 10.7. The summed E-state index contributed by atoms with van der Waals surface area (Å²) in [5.41, 5.74) is 2.48. The summed E-state index contributed by atoms with van der Waals surface area (Å²) in [5.74, 6) is 3.70. The zero-order valence-electron chi connectivity index (χ0n) is 16.8. The number of hydrogen-bond acceptors (Lipinski definition) is 4. The predicted molar refractivity (Wildman–Crippen MR) is 110 cm³/mol. The lowest BCUT2D eigenvalue weighted by Gasteiger charge is -2.61. The van der Waals surface area contributed by atoms with Crippen molar-refractivity contribution in [1.29, 1.82) is 0 Å². The van der Waals surface area contributed by atoms with Gasteiger partial charge in [-0.2, -0.15) is 0 Å². The maximum Gasteiger partial charge on any atom is 0.177 e. The SMILES string of the molecule is COc1cc(Br)c2c3c1O[C@H]1C(=O)[C@@H](C)[C@H](C)[C@H]4[C@@H](C2)N(CC2CC2)CC[C@@]341. The Labute approximate surface area is 175 Å². The number of methoxy groups -OCH3 is 1. The molecule has 2 bridgehead atoms. The summed E-state index contributed by atoms with van der Waals surface area (Å²) in [5, 5.41) is 0. The Morgan fingerprint density at radius 2 is 2.14 bits per heavy atom. The molecule has 0 aromatic heterocycles. The second-order valence-electron chi connectivity index (χ2n) is 9.82. The monoisotopic (exact) mass is 445 g/mol. The molecule has 2 heterocycles. The molecular weight excluding hydrogens is 418 g/mol. The Morgan fingerprint density at radius 1 is 1.36 bits per heavy atom. The highest BCUT2D eigenvalue weighted by Crippen LogP contribution is 2.66. The van der Waals surface area contributed by atoms with E-state index in [2.05, 4.69) is 34.7 Å². The van der Waals surface area contributed by atoms with Crippen LogP contribution in [0.2, 0.25) is 0 Å². The fraction of sp³-hybridized carbons (Fsp3) is 0.696.